The minimum absolute atomic E-state index is 0.139. The molecule has 6 nitrogen and oxygen atoms in total. The van der Waals surface area contributed by atoms with Gasteiger partial charge in [0.05, 0.1) is 26.4 Å². The zero-order chi connectivity index (χ0) is 13.5. The molecule has 0 bridgehead atoms. The van der Waals surface area contributed by atoms with Gasteiger partial charge in [0.1, 0.15) is 0 Å². The Balaban J connectivity index is 4.91. The third-order valence-corrected chi connectivity index (χ3v) is 4.34. The lowest BCUT2D eigenvalue weighted by Crippen LogP contribution is -2.35. The molecule has 0 amide bonds. The van der Waals surface area contributed by atoms with Gasteiger partial charge in [0.15, 0.2) is 15.1 Å². The average molecular weight is 266 g/mol. The van der Waals surface area contributed by atoms with E-state index in [1.165, 1.54) is 0 Å². The molecule has 7 heteroatoms. The largest absolute Gasteiger partial charge is 0.469 e. The first kappa shape index (κ1) is 15.9. The fourth-order valence-corrected chi connectivity index (χ4v) is 2.97. The number of unbranched alkanes of at least 4 members (excludes halogenated alkanes) is 1. The van der Waals surface area contributed by atoms with E-state index in [2.05, 4.69) is 9.47 Å². The van der Waals surface area contributed by atoms with Crippen LogP contribution in [0.2, 0.25) is 0 Å². The molecule has 0 aliphatic carbocycles. The van der Waals surface area contributed by atoms with Gasteiger partial charge in [0, 0.05) is 0 Å². The van der Waals surface area contributed by atoms with Crippen molar-refractivity contribution in [2.45, 2.75) is 31.4 Å². The Kier molecular flexibility index (Phi) is 6.79. The van der Waals surface area contributed by atoms with Crippen molar-refractivity contribution in [2.24, 2.45) is 0 Å². The Labute approximate surface area is 101 Å². The molecular formula is C10H18O6S. The van der Waals surface area contributed by atoms with Gasteiger partial charge in [0.2, 0.25) is 0 Å². The van der Waals surface area contributed by atoms with Crippen LogP contribution < -0.4 is 0 Å². The van der Waals surface area contributed by atoms with Gasteiger partial charge in [-0.3, -0.25) is 9.59 Å². The van der Waals surface area contributed by atoms with Gasteiger partial charge in [-0.05, 0) is 6.42 Å². The summed E-state index contributed by atoms with van der Waals surface area (Å²) in [5.74, 6) is -1.81. The van der Waals surface area contributed by atoms with Crippen LogP contribution in [0.1, 0.15) is 26.2 Å². The number of methoxy groups -OCH3 is 2. The van der Waals surface area contributed by atoms with Gasteiger partial charge in [-0.25, -0.2) is 8.42 Å². The smallest absolute Gasteiger partial charge is 0.324 e. The van der Waals surface area contributed by atoms with Crippen molar-refractivity contribution in [1.82, 2.24) is 0 Å². The maximum absolute atomic E-state index is 11.8. The van der Waals surface area contributed by atoms with E-state index in [9.17, 15) is 18.0 Å². The van der Waals surface area contributed by atoms with E-state index < -0.39 is 33.4 Å². The Morgan fingerprint density at radius 3 is 2.18 bits per heavy atom. The fourth-order valence-electron chi connectivity index (χ4n) is 1.21. The van der Waals surface area contributed by atoms with E-state index >= 15 is 0 Å². The summed E-state index contributed by atoms with van der Waals surface area (Å²) in [6.45, 7) is 1.84. The number of rotatable bonds is 7. The highest BCUT2D eigenvalue weighted by Gasteiger charge is 2.35. The second kappa shape index (κ2) is 7.26. The predicted molar refractivity (Wildman–Crippen MR) is 61.1 cm³/mol. The third-order valence-electron chi connectivity index (χ3n) is 2.26. The van der Waals surface area contributed by atoms with Crippen LogP contribution in [0.15, 0.2) is 0 Å². The molecule has 1 atom stereocenters. The molecule has 100 valence electrons. The van der Waals surface area contributed by atoms with Crippen LogP contribution in [0.3, 0.4) is 0 Å². The number of carbonyl (C=O) groups is 2. The van der Waals surface area contributed by atoms with Crippen LogP contribution in [0.25, 0.3) is 0 Å². The Bertz CT molecular complexity index is 359. The molecule has 0 aliphatic heterocycles. The molecule has 0 rings (SSSR count). The van der Waals surface area contributed by atoms with Crippen LogP contribution in [0.5, 0.6) is 0 Å². The first-order valence-corrected chi connectivity index (χ1v) is 6.96. The lowest BCUT2D eigenvalue weighted by molar-refractivity contribution is -0.146. The number of carbonyl (C=O) groups excluding carboxylic acids is 2. The second-order valence-electron chi connectivity index (χ2n) is 3.51. The molecule has 0 aromatic carbocycles. The van der Waals surface area contributed by atoms with Crippen molar-refractivity contribution in [1.29, 1.82) is 0 Å². The number of ether oxygens (including phenoxy) is 2. The highest BCUT2D eigenvalue weighted by molar-refractivity contribution is 7.92. The maximum atomic E-state index is 11.8. The van der Waals surface area contributed by atoms with Crippen LogP contribution in [-0.2, 0) is 28.9 Å². The molecule has 0 saturated carbocycles. The molecule has 0 aliphatic rings. The summed E-state index contributed by atoms with van der Waals surface area (Å²) in [5.41, 5.74) is 0. The standard InChI is InChI=1S/C10H18O6S/c1-4-5-6-17(13,14)8(10(12)16-3)7-9(11)15-2/h8H,4-7H2,1-3H3. The fraction of sp³-hybridized carbons (Fsp3) is 0.800. The van der Waals surface area contributed by atoms with E-state index in [1.807, 2.05) is 6.92 Å². The summed E-state index contributed by atoms with van der Waals surface area (Å²) in [5, 5.41) is -1.47. The molecule has 0 radical (unpaired) electrons. The first-order chi connectivity index (χ1) is 7.88. The summed E-state index contributed by atoms with van der Waals surface area (Å²) < 4.78 is 32.4. The zero-order valence-corrected chi connectivity index (χ0v) is 11.1. The van der Waals surface area contributed by atoms with Gasteiger partial charge >= 0.3 is 11.9 Å². The molecule has 0 fully saturated rings. The van der Waals surface area contributed by atoms with Crippen molar-refractivity contribution in [3.8, 4) is 0 Å². The predicted octanol–water partition coefficient (Wildman–Crippen LogP) is 0.306. The normalized spacial score (nSPS) is 12.9. The minimum atomic E-state index is -3.68. The Hall–Kier alpha value is -1.11. The molecule has 1 unspecified atom stereocenters. The summed E-state index contributed by atoms with van der Waals surface area (Å²) >= 11 is 0. The molecule has 0 saturated heterocycles. The third kappa shape index (κ3) is 5.16. The van der Waals surface area contributed by atoms with Gasteiger partial charge in [-0.1, -0.05) is 13.3 Å². The minimum Gasteiger partial charge on any atom is -0.469 e. The molecular weight excluding hydrogens is 248 g/mol. The zero-order valence-electron chi connectivity index (χ0n) is 10.3. The highest BCUT2D eigenvalue weighted by atomic mass is 32.2. The molecule has 17 heavy (non-hydrogen) atoms. The maximum Gasteiger partial charge on any atom is 0.324 e. The molecule has 0 N–H and O–H groups in total. The van der Waals surface area contributed by atoms with Crippen LogP contribution in [0.4, 0.5) is 0 Å². The van der Waals surface area contributed by atoms with Crippen molar-refractivity contribution in [3.63, 3.8) is 0 Å². The summed E-state index contributed by atoms with van der Waals surface area (Å²) in [6, 6.07) is 0. The SMILES string of the molecule is CCCCS(=O)(=O)C(CC(=O)OC)C(=O)OC. The Morgan fingerprint density at radius 1 is 1.18 bits per heavy atom. The number of hydrogen-bond acceptors (Lipinski definition) is 6. The summed E-state index contributed by atoms with van der Waals surface area (Å²) in [4.78, 5) is 22.4. The van der Waals surface area contributed by atoms with E-state index in [0.717, 1.165) is 14.2 Å². The topological polar surface area (TPSA) is 86.7 Å². The first-order valence-electron chi connectivity index (χ1n) is 5.25. The van der Waals surface area contributed by atoms with E-state index in [-0.39, 0.29) is 5.75 Å². The summed E-state index contributed by atoms with van der Waals surface area (Å²) in [6.07, 6.45) is 0.623. The monoisotopic (exact) mass is 266 g/mol. The van der Waals surface area contributed by atoms with E-state index in [4.69, 9.17) is 0 Å². The Morgan fingerprint density at radius 2 is 1.76 bits per heavy atom. The number of hydrogen-bond donors (Lipinski definition) is 0. The van der Waals surface area contributed by atoms with Gasteiger partial charge < -0.3 is 9.47 Å². The lowest BCUT2D eigenvalue weighted by Gasteiger charge is -2.14. The molecule has 0 spiro atoms. The van der Waals surface area contributed by atoms with E-state index in [0.29, 0.717) is 12.8 Å². The van der Waals surface area contributed by atoms with Crippen LogP contribution >= 0.6 is 0 Å². The van der Waals surface area contributed by atoms with Crippen LogP contribution in [-0.4, -0.2) is 45.6 Å². The van der Waals surface area contributed by atoms with Gasteiger partial charge in [0.25, 0.3) is 0 Å². The van der Waals surface area contributed by atoms with Crippen LogP contribution in [0, 0.1) is 0 Å². The van der Waals surface area contributed by atoms with E-state index in [1.54, 1.807) is 0 Å². The lowest BCUT2D eigenvalue weighted by atomic mass is 10.3. The van der Waals surface area contributed by atoms with Crippen molar-refractivity contribution < 1.29 is 27.5 Å². The molecule has 0 aromatic heterocycles. The molecule has 0 heterocycles. The van der Waals surface area contributed by atoms with Crippen molar-refractivity contribution in [3.05, 3.63) is 0 Å². The van der Waals surface area contributed by atoms with Crippen molar-refractivity contribution >= 4 is 21.8 Å². The van der Waals surface area contributed by atoms with Crippen molar-refractivity contribution in [2.75, 3.05) is 20.0 Å². The number of esters is 2. The highest BCUT2D eigenvalue weighted by Crippen LogP contribution is 2.12. The average Bonchev–Trinajstić information content (AvgIpc) is 2.31. The second-order valence-corrected chi connectivity index (χ2v) is 5.82. The molecule has 0 aromatic rings. The quantitative estimate of drug-likeness (QED) is 0.616. The number of sulfone groups is 1. The van der Waals surface area contributed by atoms with Gasteiger partial charge in [-0.15, -0.1) is 0 Å². The summed E-state index contributed by atoms with van der Waals surface area (Å²) in [7, 11) is -1.46. The van der Waals surface area contributed by atoms with Gasteiger partial charge in [-0.2, -0.15) is 0 Å².